The molecule has 0 bridgehead atoms. The van der Waals surface area contributed by atoms with E-state index in [1.54, 1.807) is 19.9 Å². The average Bonchev–Trinajstić information content (AvgIpc) is 3.55. The minimum Gasteiger partial charge on any atom is -0.476 e. The summed E-state index contributed by atoms with van der Waals surface area (Å²) < 4.78 is 37.3. The number of carboxylic acids is 1. The molecule has 0 aliphatic heterocycles. The molecule has 10 nitrogen and oxygen atoms in total. The maximum Gasteiger partial charge on any atom is 0.356 e. The maximum absolute atomic E-state index is 13.5. The predicted octanol–water partition coefficient (Wildman–Crippen LogP) is 5.49. The van der Waals surface area contributed by atoms with Gasteiger partial charge in [-0.1, -0.05) is 31.9 Å². The molecule has 1 aromatic heterocycles. The van der Waals surface area contributed by atoms with Crippen molar-refractivity contribution in [3.05, 3.63) is 58.8 Å². The molecule has 1 aliphatic carbocycles. The van der Waals surface area contributed by atoms with Crippen LogP contribution in [0.2, 0.25) is 0 Å². The number of nitrogens with zero attached hydrogens (tertiary/aromatic N) is 2. The largest absolute Gasteiger partial charge is 0.476 e. The lowest BCUT2D eigenvalue weighted by molar-refractivity contribution is -0.119. The molecular weight excluding hydrogens is 532 g/mol. The van der Waals surface area contributed by atoms with Crippen molar-refractivity contribution in [3.63, 3.8) is 0 Å². The van der Waals surface area contributed by atoms with Crippen LogP contribution < -0.4 is 14.8 Å². The van der Waals surface area contributed by atoms with E-state index in [0.29, 0.717) is 17.8 Å². The monoisotopic (exact) mass is 568 g/mol. The molecular formula is C29H36N4O6S. The van der Waals surface area contributed by atoms with E-state index in [9.17, 15) is 23.1 Å². The Hall–Kier alpha value is -3.70. The summed E-state index contributed by atoms with van der Waals surface area (Å²) in [6.07, 6.45) is 4.17. The fraction of sp³-hybridized carbons (Fsp3) is 0.414. The van der Waals surface area contributed by atoms with Crippen molar-refractivity contribution in [1.29, 1.82) is 0 Å². The van der Waals surface area contributed by atoms with E-state index in [-0.39, 0.29) is 45.6 Å². The van der Waals surface area contributed by atoms with E-state index in [0.717, 1.165) is 36.8 Å². The fourth-order valence-corrected chi connectivity index (χ4v) is 6.22. The van der Waals surface area contributed by atoms with Crippen molar-refractivity contribution in [2.75, 3.05) is 5.32 Å². The highest BCUT2D eigenvalue weighted by molar-refractivity contribution is 7.89. The van der Waals surface area contributed by atoms with Crippen molar-refractivity contribution in [2.45, 2.75) is 77.7 Å². The van der Waals surface area contributed by atoms with Crippen molar-refractivity contribution in [2.24, 2.45) is 5.92 Å². The van der Waals surface area contributed by atoms with E-state index < -0.39 is 16.0 Å². The van der Waals surface area contributed by atoms with E-state index in [1.165, 1.54) is 16.8 Å². The second-order valence-corrected chi connectivity index (χ2v) is 12.1. The first-order valence-electron chi connectivity index (χ1n) is 13.5. The van der Waals surface area contributed by atoms with Gasteiger partial charge in [-0.25, -0.2) is 17.9 Å². The topological polar surface area (TPSA) is 140 Å². The van der Waals surface area contributed by atoms with Crippen molar-refractivity contribution >= 4 is 27.6 Å². The third-order valence-electron chi connectivity index (χ3n) is 7.27. The van der Waals surface area contributed by atoms with Crippen LogP contribution in [0.5, 0.6) is 11.6 Å². The molecule has 1 amide bonds. The van der Waals surface area contributed by atoms with Gasteiger partial charge in [0.1, 0.15) is 10.6 Å². The first-order valence-corrected chi connectivity index (χ1v) is 14.9. The van der Waals surface area contributed by atoms with Crippen LogP contribution in [0.3, 0.4) is 0 Å². The van der Waals surface area contributed by atoms with Gasteiger partial charge in [0.15, 0.2) is 5.69 Å². The molecule has 4 rings (SSSR count). The predicted molar refractivity (Wildman–Crippen MR) is 152 cm³/mol. The zero-order valence-electron chi connectivity index (χ0n) is 23.4. The summed E-state index contributed by atoms with van der Waals surface area (Å²) in [5, 5.41) is 16.9. The Morgan fingerprint density at radius 2 is 1.82 bits per heavy atom. The number of rotatable bonds is 10. The molecule has 0 radical (unpaired) electrons. The molecule has 3 aromatic rings. The number of ether oxygens (including phenoxy) is 1. The zero-order valence-corrected chi connectivity index (χ0v) is 24.3. The number of amides is 1. The molecule has 0 spiro atoms. The molecule has 1 saturated carbocycles. The third kappa shape index (κ3) is 6.20. The van der Waals surface area contributed by atoms with Crippen LogP contribution >= 0.6 is 0 Å². The minimum atomic E-state index is -4.09. The van der Waals surface area contributed by atoms with Crippen LogP contribution in [-0.2, 0) is 14.8 Å². The van der Waals surface area contributed by atoms with E-state index >= 15 is 0 Å². The summed E-state index contributed by atoms with van der Waals surface area (Å²) in [7, 11) is -4.09. The fourth-order valence-electron chi connectivity index (χ4n) is 4.74. The third-order valence-corrected chi connectivity index (χ3v) is 8.88. The molecule has 0 saturated heterocycles. The molecule has 0 unspecified atom stereocenters. The van der Waals surface area contributed by atoms with E-state index in [2.05, 4.69) is 15.1 Å². The normalized spacial score (nSPS) is 14.7. The molecule has 1 atom stereocenters. The number of anilines is 1. The molecule has 214 valence electrons. The number of carboxylic acid groups (broad SMARTS) is 1. The number of aromatic nitrogens is 2. The quantitative estimate of drug-likeness (QED) is 0.294. The van der Waals surface area contributed by atoms with Crippen LogP contribution in [0, 0.1) is 26.7 Å². The highest BCUT2D eigenvalue weighted by Gasteiger charge is 2.28. The number of hydrogen-bond donors (Lipinski definition) is 3. The second-order valence-electron chi connectivity index (χ2n) is 10.5. The number of carbonyl (C=O) groups is 2. The zero-order chi connectivity index (χ0) is 29.2. The Morgan fingerprint density at radius 1 is 1.12 bits per heavy atom. The number of hydrogen-bond acceptors (Lipinski definition) is 6. The Kier molecular flexibility index (Phi) is 8.65. The molecule has 1 aliphatic rings. The Morgan fingerprint density at radius 3 is 2.48 bits per heavy atom. The van der Waals surface area contributed by atoms with Gasteiger partial charge in [-0.2, -0.15) is 9.78 Å². The number of benzene rings is 2. The van der Waals surface area contributed by atoms with Gasteiger partial charge in [-0.15, -0.1) is 0 Å². The average molecular weight is 569 g/mol. The van der Waals surface area contributed by atoms with Crippen molar-refractivity contribution in [1.82, 2.24) is 14.5 Å². The van der Waals surface area contributed by atoms with Crippen LogP contribution in [0.4, 0.5) is 5.69 Å². The first-order chi connectivity index (χ1) is 18.9. The lowest BCUT2D eigenvalue weighted by Gasteiger charge is -2.18. The number of nitrogens with one attached hydrogen (secondary N) is 2. The summed E-state index contributed by atoms with van der Waals surface area (Å²) in [5.74, 6) is -1.42. The van der Waals surface area contributed by atoms with Crippen LogP contribution in [-0.4, -0.2) is 41.2 Å². The molecule has 1 heterocycles. The SMILES string of the molecule is CC[C@@H](C)NS(=O)(=O)c1cc(NC(=O)C2CCCC2)ccc1Oc1c(C)c(C(=O)O)nn1-c1cc(C)ccc1C. The summed E-state index contributed by atoms with van der Waals surface area (Å²) in [6.45, 7) is 8.95. The van der Waals surface area contributed by atoms with Gasteiger partial charge < -0.3 is 15.2 Å². The van der Waals surface area contributed by atoms with Crippen LogP contribution in [0.25, 0.3) is 5.69 Å². The lowest BCUT2D eigenvalue weighted by atomic mass is 10.1. The number of aryl methyl sites for hydroxylation is 2. The van der Waals surface area contributed by atoms with Crippen LogP contribution in [0.15, 0.2) is 41.3 Å². The second kappa shape index (κ2) is 11.8. The Bertz CT molecular complexity index is 1540. The van der Waals surface area contributed by atoms with Gasteiger partial charge in [0.2, 0.25) is 21.8 Å². The Labute approximate surface area is 234 Å². The first kappa shape index (κ1) is 29.3. The number of aromatic carboxylic acids is 1. The smallest absolute Gasteiger partial charge is 0.356 e. The van der Waals surface area contributed by atoms with Gasteiger partial charge in [0.25, 0.3) is 0 Å². The van der Waals surface area contributed by atoms with Crippen molar-refractivity contribution < 1.29 is 27.9 Å². The highest BCUT2D eigenvalue weighted by Crippen LogP contribution is 2.36. The summed E-state index contributed by atoms with van der Waals surface area (Å²) in [5.41, 5.74) is 2.72. The number of sulfonamides is 1. The van der Waals surface area contributed by atoms with Gasteiger partial charge in [-0.05, 0) is 82.3 Å². The summed E-state index contributed by atoms with van der Waals surface area (Å²) in [4.78, 5) is 24.6. The van der Waals surface area contributed by atoms with Crippen molar-refractivity contribution in [3.8, 4) is 17.3 Å². The highest BCUT2D eigenvalue weighted by atomic mass is 32.2. The minimum absolute atomic E-state index is 0.0267. The van der Waals surface area contributed by atoms with E-state index in [1.807, 2.05) is 39.0 Å². The molecule has 2 aromatic carbocycles. The summed E-state index contributed by atoms with van der Waals surface area (Å²) in [6, 6.07) is 9.74. The molecule has 11 heteroatoms. The van der Waals surface area contributed by atoms with Gasteiger partial charge >= 0.3 is 5.97 Å². The Balaban J connectivity index is 1.82. The molecule has 1 fully saturated rings. The lowest BCUT2D eigenvalue weighted by Crippen LogP contribution is -2.32. The number of carbonyl (C=O) groups excluding carboxylic acids is 1. The van der Waals surface area contributed by atoms with Crippen LogP contribution in [0.1, 0.15) is 73.1 Å². The standard InChI is InChI=1S/C29H36N4O6S/c1-6-19(4)32-40(37,38)25-16-22(30-27(34)21-9-7-8-10-21)13-14-24(25)39-28-20(5)26(29(35)36)31-33(28)23-15-17(2)11-12-18(23)3/h11-16,19,21,32H,6-10H2,1-5H3,(H,30,34)(H,35,36)/t19-/m1/s1. The molecule has 3 N–H and O–H groups in total. The van der Waals surface area contributed by atoms with E-state index in [4.69, 9.17) is 4.74 Å². The molecule has 40 heavy (non-hydrogen) atoms. The summed E-state index contributed by atoms with van der Waals surface area (Å²) >= 11 is 0. The maximum atomic E-state index is 13.5. The van der Waals surface area contributed by atoms with Gasteiger partial charge in [0, 0.05) is 23.2 Å². The van der Waals surface area contributed by atoms with Gasteiger partial charge in [0.05, 0.1) is 5.69 Å². The van der Waals surface area contributed by atoms with Gasteiger partial charge in [-0.3, -0.25) is 4.79 Å².